The molecule has 20 heavy (non-hydrogen) atoms. The molecule has 0 aliphatic rings. The van der Waals surface area contributed by atoms with Crippen molar-refractivity contribution >= 4 is 23.2 Å². The van der Waals surface area contributed by atoms with Crippen LogP contribution in [0.5, 0.6) is 5.75 Å². The third kappa shape index (κ3) is 2.90. The standard InChI is InChI=1S/C15H11ClN2O2/c1-9-2-5-12(14(19)6-9)15(20)18-11-4-3-10(8-17)13(16)7-11/h2-7,19H,1H3,(H,18,20). The minimum Gasteiger partial charge on any atom is -0.507 e. The Hall–Kier alpha value is -2.51. The van der Waals surface area contributed by atoms with E-state index >= 15 is 0 Å². The Morgan fingerprint density at radius 3 is 2.65 bits per heavy atom. The fraction of sp³-hybridized carbons (Fsp3) is 0.0667. The summed E-state index contributed by atoms with van der Waals surface area (Å²) in [5, 5.41) is 21.4. The number of amides is 1. The molecule has 0 radical (unpaired) electrons. The second-order valence-electron chi connectivity index (χ2n) is 4.28. The summed E-state index contributed by atoms with van der Waals surface area (Å²) < 4.78 is 0. The van der Waals surface area contributed by atoms with Crippen molar-refractivity contribution in [3.05, 3.63) is 58.1 Å². The van der Waals surface area contributed by atoms with E-state index in [-0.39, 0.29) is 16.3 Å². The molecule has 0 atom stereocenters. The van der Waals surface area contributed by atoms with Crippen molar-refractivity contribution in [1.29, 1.82) is 5.26 Å². The normalized spacial score (nSPS) is 9.85. The van der Waals surface area contributed by atoms with Gasteiger partial charge in [0, 0.05) is 5.69 Å². The fourth-order valence-corrected chi connectivity index (χ4v) is 1.94. The zero-order valence-electron chi connectivity index (χ0n) is 10.6. The van der Waals surface area contributed by atoms with E-state index in [0.717, 1.165) is 5.56 Å². The first-order valence-corrected chi connectivity index (χ1v) is 6.19. The fourth-order valence-electron chi connectivity index (χ4n) is 1.72. The minimum atomic E-state index is -0.441. The maximum Gasteiger partial charge on any atom is 0.259 e. The zero-order valence-corrected chi connectivity index (χ0v) is 11.4. The lowest BCUT2D eigenvalue weighted by Gasteiger charge is -2.08. The van der Waals surface area contributed by atoms with Gasteiger partial charge in [-0.15, -0.1) is 0 Å². The van der Waals surface area contributed by atoms with Gasteiger partial charge >= 0.3 is 0 Å². The van der Waals surface area contributed by atoms with Crippen LogP contribution in [-0.2, 0) is 0 Å². The van der Waals surface area contributed by atoms with Crippen molar-refractivity contribution in [3.8, 4) is 11.8 Å². The van der Waals surface area contributed by atoms with E-state index < -0.39 is 5.91 Å². The van der Waals surface area contributed by atoms with E-state index in [1.165, 1.54) is 18.2 Å². The molecule has 2 aromatic rings. The van der Waals surface area contributed by atoms with Gasteiger partial charge in [-0.2, -0.15) is 5.26 Å². The number of benzene rings is 2. The number of hydrogen-bond acceptors (Lipinski definition) is 3. The molecule has 0 unspecified atom stereocenters. The highest BCUT2D eigenvalue weighted by Crippen LogP contribution is 2.23. The lowest BCUT2D eigenvalue weighted by Crippen LogP contribution is -2.12. The highest BCUT2D eigenvalue weighted by Gasteiger charge is 2.12. The summed E-state index contributed by atoms with van der Waals surface area (Å²) in [5.41, 5.74) is 1.83. The Kier molecular flexibility index (Phi) is 3.92. The molecule has 0 aliphatic carbocycles. The molecule has 2 rings (SSSR count). The van der Waals surface area contributed by atoms with Gasteiger partial charge in [0.15, 0.2) is 0 Å². The summed E-state index contributed by atoms with van der Waals surface area (Å²) in [6.07, 6.45) is 0. The van der Waals surface area contributed by atoms with Gasteiger partial charge in [-0.3, -0.25) is 4.79 Å². The van der Waals surface area contributed by atoms with Crippen LogP contribution in [0.4, 0.5) is 5.69 Å². The number of phenolic OH excluding ortho intramolecular Hbond substituents is 1. The Morgan fingerprint density at radius 1 is 1.30 bits per heavy atom. The first-order chi connectivity index (χ1) is 9.51. The lowest BCUT2D eigenvalue weighted by atomic mass is 10.1. The first-order valence-electron chi connectivity index (χ1n) is 5.82. The molecule has 0 bridgehead atoms. The van der Waals surface area contributed by atoms with Gasteiger partial charge in [-0.1, -0.05) is 17.7 Å². The van der Waals surface area contributed by atoms with Crippen LogP contribution in [0.2, 0.25) is 5.02 Å². The monoisotopic (exact) mass is 286 g/mol. The maximum absolute atomic E-state index is 12.0. The lowest BCUT2D eigenvalue weighted by molar-refractivity contribution is 0.102. The second-order valence-corrected chi connectivity index (χ2v) is 4.69. The average Bonchev–Trinajstić information content (AvgIpc) is 2.38. The van der Waals surface area contributed by atoms with Crippen LogP contribution < -0.4 is 5.32 Å². The van der Waals surface area contributed by atoms with Gasteiger partial charge in [0.1, 0.15) is 11.8 Å². The van der Waals surface area contributed by atoms with Crippen molar-refractivity contribution in [2.75, 3.05) is 5.32 Å². The topological polar surface area (TPSA) is 73.1 Å². The number of aryl methyl sites for hydroxylation is 1. The van der Waals surface area contributed by atoms with Gasteiger partial charge in [-0.05, 0) is 42.8 Å². The molecule has 0 fully saturated rings. The van der Waals surface area contributed by atoms with E-state index in [2.05, 4.69) is 5.32 Å². The molecule has 0 aliphatic heterocycles. The molecular weight excluding hydrogens is 276 g/mol. The number of halogens is 1. The van der Waals surface area contributed by atoms with Crippen molar-refractivity contribution < 1.29 is 9.90 Å². The molecule has 4 nitrogen and oxygen atoms in total. The molecule has 0 saturated carbocycles. The summed E-state index contributed by atoms with van der Waals surface area (Å²) >= 11 is 5.89. The molecule has 2 N–H and O–H groups in total. The Labute approximate surface area is 121 Å². The van der Waals surface area contributed by atoms with E-state index in [9.17, 15) is 9.90 Å². The number of anilines is 1. The molecule has 5 heteroatoms. The predicted molar refractivity (Wildman–Crippen MR) is 77.0 cm³/mol. The molecule has 0 saturated heterocycles. The highest BCUT2D eigenvalue weighted by atomic mass is 35.5. The second kappa shape index (κ2) is 5.64. The predicted octanol–water partition coefficient (Wildman–Crippen LogP) is 3.48. The molecule has 0 heterocycles. The smallest absolute Gasteiger partial charge is 0.259 e. The summed E-state index contributed by atoms with van der Waals surface area (Å²) in [7, 11) is 0. The number of carbonyl (C=O) groups is 1. The maximum atomic E-state index is 12.0. The van der Waals surface area contributed by atoms with Crippen molar-refractivity contribution in [2.24, 2.45) is 0 Å². The van der Waals surface area contributed by atoms with Gasteiger partial charge in [0.05, 0.1) is 16.1 Å². The van der Waals surface area contributed by atoms with Crippen LogP contribution in [0.15, 0.2) is 36.4 Å². The van der Waals surface area contributed by atoms with Gasteiger partial charge in [0.2, 0.25) is 0 Å². The third-order valence-corrected chi connectivity index (χ3v) is 3.06. The molecule has 1 amide bonds. The van der Waals surface area contributed by atoms with Crippen LogP contribution in [-0.4, -0.2) is 11.0 Å². The quantitative estimate of drug-likeness (QED) is 0.887. The van der Waals surface area contributed by atoms with E-state index in [0.29, 0.717) is 11.3 Å². The molecular formula is C15H11ClN2O2. The Bertz CT molecular complexity index is 720. The average molecular weight is 287 g/mol. The number of phenols is 1. The van der Waals surface area contributed by atoms with E-state index in [4.69, 9.17) is 16.9 Å². The zero-order chi connectivity index (χ0) is 14.7. The summed E-state index contributed by atoms with van der Waals surface area (Å²) in [6.45, 7) is 1.82. The Balaban J connectivity index is 2.24. The molecule has 0 aromatic heterocycles. The number of nitriles is 1. The minimum absolute atomic E-state index is 0.0813. The molecule has 2 aromatic carbocycles. The number of hydrogen-bond donors (Lipinski definition) is 2. The number of nitrogens with one attached hydrogen (secondary N) is 1. The molecule has 100 valence electrons. The van der Waals surface area contributed by atoms with Crippen molar-refractivity contribution in [1.82, 2.24) is 0 Å². The van der Waals surface area contributed by atoms with E-state index in [1.807, 2.05) is 13.0 Å². The van der Waals surface area contributed by atoms with E-state index in [1.54, 1.807) is 18.2 Å². The highest BCUT2D eigenvalue weighted by molar-refractivity contribution is 6.32. The largest absolute Gasteiger partial charge is 0.507 e. The summed E-state index contributed by atoms with van der Waals surface area (Å²) in [4.78, 5) is 12.0. The summed E-state index contributed by atoms with van der Waals surface area (Å²) in [5.74, 6) is -0.523. The van der Waals surface area contributed by atoms with Crippen LogP contribution in [0, 0.1) is 18.3 Å². The van der Waals surface area contributed by atoms with Gasteiger partial charge in [0.25, 0.3) is 5.91 Å². The Morgan fingerprint density at radius 2 is 2.05 bits per heavy atom. The van der Waals surface area contributed by atoms with Crippen molar-refractivity contribution in [2.45, 2.75) is 6.92 Å². The van der Waals surface area contributed by atoms with Crippen LogP contribution in [0.3, 0.4) is 0 Å². The summed E-state index contributed by atoms with van der Waals surface area (Å²) in [6, 6.07) is 11.3. The number of nitrogens with zero attached hydrogens (tertiary/aromatic N) is 1. The number of aromatic hydroxyl groups is 1. The molecule has 0 spiro atoms. The number of carbonyl (C=O) groups excluding carboxylic acids is 1. The third-order valence-electron chi connectivity index (χ3n) is 2.75. The van der Waals surface area contributed by atoms with Crippen LogP contribution >= 0.6 is 11.6 Å². The number of rotatable bonds is 2. The van der Waals surface area contributed by atoms with Crippen LogP contribution in [0.25, 0.3) is 0 Å². The van der Waals surface area contributed by atoms with Crippen molar-refractivity contribution in [3.63, 3.8) is 0 Å². The first kappa shape index (κ1) is 13.9. The van der Waals surface area contributed by atoms with Gasteiger partial charge in [-0.25, -0.2) is 0 Å². The van der Waals surface area contributed by atoms with Crippen LogP contribution in [0.1, 0.15) is 21.5 Å². The SMILES string of the molecule is Cc1ccc(C(=O)Nc2ccc(C#N)c(Cl)c2)c(O)c1. The van der Waals surface area contributed by atoms with Gasteiger partial charge < -0.3 is 10.4 Å².